The molecule has 120 valence electrons. The maximum Gasteiger partial charge on any atom is 0.124 e. The minimum atomic E-state index is -0.000495. The second-order valence-electron chi connectivity index (χ2n) is 5.35. The Morgan fingerprint density at radius 3 is 2.58 bits per heavy atom. The SMILES string of the molecule is N=C(N)c1cc(-c2ncccc2Cl)ccc1NCc1ccccc1. The first-order valence-electron chi connectivity index (χ1n) is 7.52. The monoisotopic (exact) mass is 336 g/mol. The summed E-state index contributed by atoms with van der Waals surface area (Å²) in [6, 6.07) is 19.3. The number of rotatable bonds is 5. The van der Waals surface area contributed by atoms with Gasteiger partial charge >= 0.3 is 0 Å². The lowest BCUT2D eigenvalue weighted by Gasteiger charge is -2.13. The fraction of sp³-hybridized carbons (Fsp3) is 0.0526. The molecule has 0 radical (unpaired) electrons. The van der Waals surface area contributed by atoms with Crippen molar-refractivity contribution in [2.75, 3.05) is 5.32 Å². The van der Waals surface area contributed by atoms with Gasteiger partial charge < -0.3 is 11.1 Å². The molecule has 0 saturated heterocycles. The lowest BCUT2D eigenvalue weighted by Crippen LogP contribution is -2.14. The summed E-state index contributed by atoms with van der Waals surface area (Å²) in [5, 5.41) is 11.8. The van der Waals surface area contributed by atoms with Crippen molar-refractivity contribution in [3.05, 3.63) is 83.0 Å². The molecule has 0 unspecified atom stereocenters. The summed E-state index contributed by atoms with van der Waals surface area (Å²) in [7, 11) is 0. The number of amidine groups is 1. The van der Waals surface area contributed by atoms with Gasteiger partial charge in [0, 0.05) is 29.6 Å². The number of benzene rings is 2. The van der Waals surface area contributed by atoms with Crippen LogP contribution >= 0.6 is 11.6 Å². The number of pyridine rings is 1. The number of nitrogens with zero attached hydrogens (tertiary/aromatic N) is 1. The molecule has 3 rings (SSSR count). The molecule has 0 atom stereocenters. The first-order valence-corrected chi connectivity index (χ1v) is 7.90. The summed E-state index contributed by atoms with van der Waals surface area (Å²) >= 11 is 6.21. The van der Waals surface area contributed by atoms with Crippen molar-refractivity contribution >= 4 is 23.1 Å². The van der Waals surface area contributed by atoms with Crippen LogP contribution in [0, 0.1) is 5.41 Å². The highest BCUT2D eigenvalue weighted by atomic mass is 35.5. The number of nitrogens with one attached hydrogen (secondary N) is 2. The maximum atomic E-state index is 7.86. The quantitative estimate of drug-likeness (QED) is 0.480. The second kappa shape index (κ2) is 7.15. The number of nitrogen functional groups attached to an aromatic ring is 1. The summed E-state index contributed by atoms with van der Waals surface area (Å²) in [6.07, 6.45) is 1.69. The maximum absolute atomic E-state index is 7.86. The third-order valence-corrected chi connectivity index (χ3v) is 3.97. The van der Waals surface area contributed by atoms with E-state index in [9.17, 15) is 0 Å². The van der Waals surface area contributed by atoms with Gasteiger partial charge in [0.15, 0.2) is 0 Å². The Kier molecular flexibility index (Phi) is 4.77. The van der Waals surface area contributed by atoms with Crippen LogP contribution in [-0.2, 0) is 6.54 Å². The zero-order chi connectivity index (χ0) is 16.9. The number of anilines is 1. The molecule has 0 aliphatic carbocycles. The topological polar surface area (TPSA) is 74.8 Å². The number of aromatic nitrogens is 1. The molecule has 4 nitrogen and oxygen atoms in total. The molecule has 24 heavy (non-hydrogen) atoms. The highest BCUT2D eigenvalue weighted by molar-refractivity contribution is 6.33. The van der Waals surface area contributed by atoms with Crippen LogP contribution in [0.4, 0.5) is 5.69 Å². The Labute approximate surface area is 145 Å². The largest absolute Gasteiger partial charge is 0.384 e. The van der Waals surface area contributed by atoms with Gasteiger partial charge in [0.25, 0.3) is 0 Å². The molecule has 1 aromatic heterocycles. The van der Waals surface area contributed by atoms with Crippen LogP contribution < -0.4 is 11.1 Å². The fourth-order valence-corrected chi connectivity index (χ4v) is 2.69. The van der Waals surface area contributed by atoms with Crippen LogP contribution in [-0.4, -0.2) is 10.8 Å². The number of halogens is 1. The summed E-state index contributed by atoms with van der Waals surface area (Å²) in [5.41, 5.74) is 9.86. The van der Waals surface area contributed by atoms with Crippen LogP contribution in [0.2, 0.25) is 5.02 Å². The van der Waals surface area contributed by atoms with E-state index in [0.29, 0.717) is 22.8 Å². The van der Waals surface area contributed by atoms with E-state index in [4.69, 9.17) is 22.7 Å². The van der Waals surface area contributed by atoms with E-state index in [1.165, 1.54) is 0 Å². The van der Waals surface area contributed by atoms with Crippen molar-refractivity contribution in [1.82, 2.24) is 4.98 Å². The molecule has 0 saturated carbocycles. The number of hydrogen-bond donors (Lipinski definition) is 3. The molecular weight excluding hydrogens is 320 g/mol. The molecule has 4 N–H and O–H groups in total. The van der Waals surface area contributed by atoms with E-state index in [1.54, 1.807) is 18.3 Å². The third kappa shape index (κ3) is 3.55. The summed E-state index contributed by atoms with van der Waals surface area (Å²) < 4.78 is 0. The molecule has 0 amide bonds. The standard InChI is InChI=1S/C19H17ClN4/c20-16-7-4-10-23-18(16)14-8-9-17(15(11-14)19(21)22)24-12-13-5-2-1-3-6-13/h1-11,24H,12H2,(H3,21,22). The predicted molar refractivity (Wildman–Crippen MR) is 99.5 cm³/mol. The van der Waals surface area contributed by atoms with Crippen molar-refractivity contribution < 1.29 is 0 Å². The minimum Gasteiger partial charge on any atom is -0.384 e. The Hall–Kier alpha value is -2.85. The van der Waals surface area contributed by atoms with Gasteiger partial charge in [0.2, 0.25) is 0 Å². The Balaban J connectivity index is 1.91. The third-order valence-electron chi connectivity index (χ3n) is 3.67. The molecule has 0 bridgehead atoms. The molecule has 1 heterocycles. The smallest absolute Gasteiger partial charge is 0.124 e. The van der Waals surface area contributed by atoms with Crippen molar-refractivity contribution in [2.24, 2.45) is 5.73 Å². The van der Waals surface area contributed by atoms with Gasteiger partial charge in [-0.2, -0.15) is 0 Å². The normalized spacial score (nSPS) is 10.4. The van der Waals surface area contributed by atoms with E-state index in [1.807, 2.05) is 48.5 Å². The second-order valence-corrected chi connectivity index (χ2v) is 5.75. The lowest BCUT2D eigenvalue weighted by atomic mass is 10.0. The first kappa shape index (κ1) is 16.0. The number of hydrogen-bond acceptors (Lipinski definition) is 3. The van der Waals surface area contributed by atoms with E-state index in [-0.39, 0.29) is 5.84 Å². The predicted octanol–water partition coefficient (Wildman–Crippen LogP) is 4.30. The molecule has 0 aliphatic rings. The summed E-state index contributed by atoms with van der Waals surface area (Å²) in [5.74, 6) is -0.000495. The van der Waals surface area contributed by atoms with Gasteiger partial charge in [-0.1, -0.05) is 48.0 Å². The van der Waals surface area contributed by atoms with E-state index >= 15 is 0 Å². The minimum absolute atomic E-state index is 0.000495. The van der Waals surface area contributed by atoms with Gasteiger partial charge in [0.1, 0.15) is 5.84 Å². The highest BCUT2D eigenvalue weighted by Gasteiger charge is 2.10. The van der Waals surface area contributed by atoms with E-state index in [0.717, 1.165) is 16.8 Å². The van der Waals surface area contributed by atoms with Gasteiger partial charge in [-0.15, -0.1) is 0 Å². The zero-order valence-corrected chi connectivity index (χ0v) is 13.7. The Bertz CT molecular complexity index is 862. The molecule has 3 aromatic rings. The van der Waals surface area contributed by atoms with Crippen LogP contribution in [0.3, 0.4) is 0 Å². The van der Waals surface area contributed by atoms with Crippen LogP contribution in [0.1, 0.15) is 11.1 Å². The van der Waals surface area contributed by atoms with Gasteiger partial charge in [-0.05, 0) is 29.8 Å². The molecule has 5 heteroatoms. The number of nitrogens with two attached hydrogens (primary N) is 1. The summed E-state index contributed by atoms with van der Waals surface area (Å²) in [4.78, 5) is 4.31. The zero-order valence-electron chi connectivity index (χ0n) is 13.0. The van der Waals surface area contributed by atoms with Crippen molar-refractivity contribution in [1.29, 1.82) is 5.41 Å². The van der Waals surface area contributed by atoms with Crippen molar-refractivity contribution in [2.45, 2.75) is 6.54 Å². The van der Waals surface area contributed by atoms with Gasteiger partial charge in [-0.3, -0.25) is 10.4 Å². The van der Waals surface area contributed by atoms with Crippen LogP contribution in [0.25, 0.3) is 11.3 Å². The Morgan fingerprint density at radius 2 is 1.88 bits per heavy atom. The van der Waals surface area contributed by atoms with E-state index < -0.39 is 0 Å². The van der Waals surface area contributed by atoms with Crippen LogP contribution in [0.15, 0.2) is 66.9 Å². The van der Waals surface area contributed by atoms with Crippen LogP contribution in [0.5, 0.6) is 0 Å². The first-order chi connectivity index (χ1) is 11.6. The average Bonchev–Trinajstić information content (AvgIpc) is 2.61. The van der Waals surface area contributed by atoms with Crippen molar-refractivity contribution in [3.8, 4) is 11.3 Å². The van der Waals surface area contributed by atoms with Crippen molar-refractivity contribution in [3.63, 3.8) is 0 Å². The highest BCUT2D eigenvalue weighted by Crippen LogP contribution is 2.28. The van der Waals surface area contributed by atoms with Gasteiger partial charge in [-0.25, -0.2) is 0 Å². The average molecular weight is 337 g/mol. The molecule has 0 fully saturated rings. The van der Waals surface area contributed by atoms with E-state index in [2.05, 4.69) is 10.3 Å². The molecular formula is C19H17ClN4. The molecule has 0 aliphatic heterocycles. The van der Waals surface area contributed by atoms with Gasteiger partial charge in [0.05, 0.1) is 10.7 Å². The molecule has 0 spiro atoms. The lowest BCUT2D eigenvalue weighted by molar-refractivity contribution is 1.15. The fourth-order valence-electron chi connectivity index (χ4n) is 2.46. The summed E-state index contributed by atoms with van der Waals surface area (Å²) in [6.45, 7) is 0.658. The Morgan fingerprint density at radius 1 is 1.08 bits per heavy atom. The molecule has 2 aromatic carbocycles.